The largest absolute Gasteiger partial charge is 0.417 e. The Morgan fingerprint density at radius 3 is 2.51 bits per heavy atom. The van der Waals surface area contributed by atoms with E-state index in [-0.39, 0.29) is 40.7 Å². The van der Waals surface area contributed by atoms with Crippen LogP contribution in [0.3, 0.4) is 0 Å². The number of amides is 2. The van der Waals surface area contributed by atoms with E-state index in [1.54, 1.807) is 42.2 Å². The summed E-state index contributed by atoms with van der Waals surface area (Å²) in [6.07, 6.45) is -2.20. The fourth-order valence-corrected chi connectivity index (χ4v) is 6.65. The predicted molar refractivity (Wildman–Crippen MR) is 169 cm³/mol. The van der Waals surface area contributed by atoms with Crippen molar-refractivity contribution in [3.05, 3.63) is 116 Å². The Balaban J connectivity index is 1.32. The Morgan fingerprint density at radius 2 is 1.83 bits per heavy atom. The van der Waals surface area contributed by atoms with Gasteiger partial charge in [-0.2, -0.15) is 13.2 Å². The second-order valence-corrected chi connectivity index (χ2v) is 12.5. The highest BCUT2D eigenvalue weighted by Gasteiger charge is 2.34. The van der Waals surface area contributed by atoms with E-state index in [1.165, 1.54) is 35.7 Å². The van der Waals surface area contributed by atoms with Gasteiger partial charge in [0.2, 0.25) is 0 Å². The van der Waals surface area contributed by atoms with Crippen LogP contribution in [0, 0.1) is 6.92 Å². The summed E-state index contributed by atoms with van der Waals surface area (Å²) in [4.78, 5) is 37.1. The van der Waals surface area contributed by atoms with Crippen LogP contribution in [0.25, 0.3) is 0 Å². The molecule has 2 aromatic heterocycles. The van der Waals surface area contributed by atoms with E-state index in [4.69, 9.17) is 0 Å². The van der Waals surface area contributed by atoms with Crippen LogP contribution in [-0.4, -0.2) is 50.5 Å². The van der Waals surface area contributed by atoms with Gasteiger partial charge in [0.15, 0.2) is 0 Å². The molecule has 13 heteroatoms. The molecule has 0 saturated carbocycles. The summed E-state index contributed by atoms with van der Waals surface area (Å²) < 4.78 is 53.6. The monoisotopic (exact) mass is 669 g/mol. The molecule has 8 nitrogen and oxygen atoms in total. The van der Waals surface area contributed by atoms with E-state index >= 15 is 0 Å². The second kappa shape index (κ2) is 14.7. The van der Waals surface area contributed by atoms with Gasteiger partial charge in [-0.1, -0.05) is 30.3 Å². The van der Waals surface area contributed by atoms with Gasteiger partial charge in [-0.25, -0.2) is 9.37 Å². The molecule has 3 N–H and O–H groups in total. The molecule has 2 amide bonds. The number of carbonyl (C=O) groups excluding carboxylic acids is 2. The highest BCUT2D eigenvalue weighted by Crippen LogP contribution is 2.35. The molecular weight excluding hydrogens is 634 g/mol. The SMILES string of the molecule is Cc1csc(C2CCCN2C(=O)c2cc(CF)cc(C(=O)NC(C)C(O)C(NCc3cncc(C(F)(F)F)c3)c3ccccc3)c2)n1. The number of aryl methyl sites for hydroxylation is 1. The van der Waals surface area contributed by atoms with Gasteiger partial charge >= 0.3 is 6.18 Å². The fourth-order valence-electron chi connectivity index (χ4n) is 5.71. The molecule has 4 aromatic rings. The third-order valence-corrected chi connectivity index (χ3v) is 9.18. The van der Waals surface area contributed by atoms with Crippen LogP contribution in [0.1, 0.15) is 85.5 Å². The van der Waals surface area contributed by atoms with Gasteiger partial charge < -0.3 is 20.6 Å². The minimum absolute atomic E-state index is 0.0454. The molecule has 1 saturated heterocycles. The first-order chi connectivity index (χ1) is 22.4. The number of rotatable bonds is 11. The summed E-state index contributed by atoms with van der Waals surface area (Å²) in [5.74, 6) is -0.946. The zero-order chi connectivity index (χ0) is 33.7. The number of alkyl halides is 4. The molecule has 47 heavy (non-hydrogen) atoms. The number of nitrogens with zero attached hydrogens (tertiary/aromatic N) is 3. The summed E-state index contributed by atoms with van der Waals surface area (Å²) in [5, 5.41) is 20.0. The van der Waals surface area contributed by atoms with Gasteiger partial charge in [-0.15, -0.1) is 11.3 Å². The molecule has 1 aliphatic heterocycles. The minimum Gasteiger partial charge on any atom is -0.389 e. The van der Waals surface area contributed by atoms with Gasteiger partial charge in [0.25, 0.3) is 11.8 Å². The smallest absolute Gasteiger partial charge is 0.389 e. The van der Waals surface area contributed by atoms with Crippen LogP contribution in [0.15, 0.2) is 72.4 Å². The maximum Gasteiger partial charge on any atom is 0.417 e. The lowest BCUT2D eigenvalue weighted by Gasteiger charge is -2.30. The van der Waals surface area contributed by atoms with Gasteiger partial charge in [0.1, 0.15) is 11.7 Å². The number of aromatic nitrogens is 2. The summed E-state index contributed by atoms with van der Waals surface area (Å²) in [5.41, 5.74) is 1.28. The maximum absolute atomic E-state index is 14.0. The van der Waals surface area contributed by atoms with Crippen molar-refractivity contribution >= 4 is 23.2 Å². The summed E-state index contributed by atoms with van der Waals surface area (Å²) in [7, 11) is 0. The highest BCUT2D eigenvalue weighted by molar-refractivity contribution is 7.09. The van der Waals surface area contributed by atoms with E-state index in [0.29, 0.717) is 12.1 Å². The fraction of sp³-hybridized carbons (Fsp3) is 0.353. The molecule has 1 aliphatic rings. The number of aliphatic hydroxyl groups excluding tert-OH is 1. The van der Waals surface area contributed by atoms with Gasteiger partial charge in [0.05, 0.1) is 29.8 Å². The lowest BCUT2D eigenvalue weighted by molar-refractivity contribution is -0.137. The van der Waals surface area contributed by atoms with Crippen LogP contribution in [0.2, 0.25) is 0 Å². The Hall–Kier alpha value is -4.20. The normalized spacial score (nSPS) is 16.9. The van der Waals surface area contributed by atoms with Crippen molar-refractivity contribution in [3.63, 3.8) is 0 Å². The van der Waals surface area contributed by atoms with Crippen LogP contribution in [0.5, 0.6) is 0 Å². The molecule has 4 atom stereocenters. The number of hydrogen-bond acceptors (Lipinski definition) is 7. The zero-order valence-corrected chi connectivity index (χ0v) is 26.6. The number of thiazole rings is 1. The molecule has 0 bridgehead atoms. The topological polar surface area (TPSA) is 107 Å². The number of benzene rings is 2. The van der Waals surface area contributed by atoms with Gasteiger partial charge in [-0.05, 0) is 67.6 Å². The van der Waals surface area contributed by atoms with Crippen LogP contribution < -0.4 is 10.6 Å². The summed E-state index contributed by atoms with van der Waals surface area (Å²) in [6, 6.07) is 12.2. The minimum atomic E-state index is -4.55. The first kappa shape index (κ1) is 34.1. The number of aliphatic hydroxyl groups is 1. The molecule has 3 heterocycles. The van der Waals surface area contributed by atoms with Crippen molar-refractivity contribution in [2.75, 3.05) is 6.54 Å². The molecule has 0 radical (unpaired) electrons. The van der Waals surface area contributed by atoms with E-state index in [9.17, 15) is 32.3 Å². The van der Waals surface area contributed by atoms with E-state index in [2.05, 4.69) is 20.6 Å². The number of halogens is 4. The maximum atomic E-state index is 14.0. The first-order valence-corrected chi connectivity index (χ1v) is 16.0. The van der Waals surface area contributed by atoms with Crippen LogP contribution >= 0.6 is 11.3 Å². The second-order valence-electron chi connectivity index (χ2n) is 11.6. The van der Waals surface area contributed by atoms with E-state index in [0.717, 1.165) is 35.8 Å². The highest BCUT2D eigenvalue weighted by atomic mass is 32.1. The number of nitrogens with one attached hydrogen (secondary N) is 2. The van der Waals surface area contributed by atoms with Crippen LogP contribution in [0.4, 0.5) is 17.6 Å². The lowest BCUT2D eigenvalue weighted by Crippen LogP contribution is -2.47. The molecule has 5 rings (SSSR count). The standard InChI is InChI=1S/C34H35F4N5O3S/c1-20-19-47-32(41-20)28-9-6-10-43(28)33(46)26-12-22(15-35)11-25(14-26)31(45)42-21(2)30(44)29(24-7-4-3-5-8-24)40-17-23-13-27(18-39-16-23)34(36,37)38/h3-5,7-8,11-14,16,18-19,21,28-30,40,44H,6,9-10,15,17H2,1-2H3,(H,42,45). The molecule has 248 valence electrons. The van der Waals surface area contributed by atoms with Crippen molar-refractivity contribution in [2.45, 2.75) is 70.3 Å². The summed E-state index contributed by atoms with van der Waals surface area (Å²) >= 11 is 1.49. The number of likely N-dealkylation sites (tertiary alicyclic amines) is 1. The van der Waals surface area contributed by atoms with Crippen molar-refractivity contribution < 1.29 is 32.3 Å². The Morgan fingerprint density at radius 1 is 1.09 bits per heavy atom. The Kier molecular flexibility index (Phi) is 10.7. The molecule has 0 aliphatic carbocycles. The Labute approximate surface area is 273 Å². The van der Waals surface area contributed by atoms with Crippen molar-refractivity contribution in [2.24, 2.45) is 0 Å². The first-order valence-electron chi connectivity index (χ1n) is 15.2. The summed E-state index contributed by atoms with van der Waals surface area (Å²) in [6.45, 7) is 3.05. The predicted octanol–water partition coefficient (Wildman–Crippen LogP) is 6.32. The van der Waals surface area contributed by atoms with Crippen molar-refractivity contribution in [1.82, 2.24) is 25.5 Å². The number of pyridine rings is 1. The molecule has 4 unspecified atom stereocenters. The average molecular weight is 670 g/mol. The molecule has 0 spiro atoms. The van der Waals surface area contributed by atoms with Crippen molar-refractivity contribution in [1.29, 1.82) is 0 Å². The zero-order valence-electron chi connectivity index (χ0n) is 25.8. The van der Waals surface area contributed by atoms with Gasteiger partial charge in [0, 0.05) is 47.7 Å². The van der Waals surface area contributed by atoms with E-state index < -0.39 is 42.5 Å². The third kappa shape index (κ3) is 8.21. The van der Waals surface area contributed by atoms with Gasteiger partial charge in [-0.3, -0.25) is 14.6 Å². The quantitative estimate of drug-likeness (QED) is 0.161. The molecule has 1 fully saturated rings. The average Bonchev–Trinajstić information content (AvgIpc) is 3.73. The lowest BCUT2D eigenvalue weighted by atomic mass is 9.96. The molecular formula is C34H35F4N5O3S. The number of carbonyl (C=O) groups is 2. The van der Waals surface area contributed by atoms with E-state index in [1.807, 2.05) is 12.3 Å². The molecule has 2 aromatic carbocycles. The van der Waals surface area contributed by atoms with Crippen LogP contribution in [-0.2, 0) is 19.4 Å². The third-order valence-electron chi connectivity index (χ3n) is 8.11. The Bertz CT molecular complexity index is 1700. The van der Waals surface area contributed by atoms with Crippen molar-refractivity contribution in [3.8, 4) is 0 Å². The number of hydrogen-bond donors (Lipinski definition) is 3.